The van der Waals surface area contributed by atoms with Crippen LogP contribution in [-0.4, -0.2) is 46.9 Å². The van der Waals surface area contributed by atoms with E-state index in [1.165, 1.54) is 10.4 Å². The summed E-state index contributed by atoms with van der Waals surface area (Å²) in [6.07, 6.45) is 3.94. The van der Waals surface area contributed by atoms with Crippen molar-refractivity contribution < 1.29 is 4.74 Å². The Bertz CT molecular complexity index is 693. The minimum atomic E-state index is 0.0415. The first-order valence-corrected chi connectivity index (χ1v) is 9.21. The zero-order valence-corrected chi connectivity index (χ0v) is 15.3. The monoisotopic (exact) mass is 347 g/mol. The molecule has 2 aromatic heterocycles. The minimum absolute atomic E-state index is 0.0415. The molecule has 1 aliphatic rings. The van der Waals surface area contributed by atoms with E-state index in [9.17, 15) is 0 Å². The van der Waals surface area contributed by atoms with Crippen molar-refractivity contribution in [1.82, 2.24) is 20.0 Å². The zero-order valence-electron chi connectivity index (χ0n) is 14.5. The predicted molar refractivity (Wildman–Crippen MR) is 97.3 cm³/mol. The number of ether oxygens (including phenoxy) is 1. The SMILES string of the molecule is CCNC(=NCc1sccc1C)N1CCOC(c2cnn(C)c2)C1. The van der Waals surface area contributed by atoms with E-state index in [2.05, 4.69) is 40.6 Å². The third-order valence-corrected chi connectivity index (χ3v) is 5.15. The molecule has 0 amide bonds. The summed E-state index contributed by atoms with van der Waals surface area (Å²) in [5.74, 6) is 0.961. The molecule has 1 atom stereocenters. The van der Waals surface area contributed by atoms with E-state index in [1.54, 1.807) is 11.3 Å². The van der Waals surface area contributed by atoms with Crippen LogP contribution in [0.15, 0.2) is 28.8 Å². The van der Waals surface area contributed by atoms with Gasteiger partial charge in [0.1, 0.15) is 6.10 Å². The third-order valence-electron chi connectivity index (χ3n) is 4.14. The Labute approximate surface area is 147 Å². The second kappa shape index (κ2) is 7.81. The highest BCUT2D eigenvalue weighted by molar-refractivity contribution is 7.10. The van der Waals surface area contributed by atoms with Gasteiger partial charge in [-0.2, -0.15) is 5.10 Å². The van der Waals surface area contributed by atoms with Crippen molar-refractivity contribution >= 4 is 17.3 Å². The molecule has 0 saturated carbocycles. The van der Waals surface area contributed by atoms with Crippen LogP contribution in [0.5, 0.6) is 0 Å². The molecular formula is C17H25N5OS. The molecule has 1 saturated heterocycles. The smallest absolute Gasteiger partial charge is 0.194 e. The molecule has 6 nitrogen and oxygen atoms in total. The van der Waals surface area contributed by atoms with E-state index in [1.807, 2.05) is 24.1 Å². The maximum atomic E-state index is 5.93. The first kappa shape index (κ1) is 17.0. The summed E-state index contributed by atoms with van der Waals surface area (Å²) in [5.41, 5.74) is 2.43. The Morgan fingerprint density at radius 3 is 3.08 bits per heavy atom. The largest absolute Gasteiger partial charge is 0.370 e. The molecule has 24 heavy (non-hydrogen) atoms. The van der Waals surface area contributed by atoms with Crippen molar-refractivity contribution in [3.8, 4) is 0 Å². The van der Waals surface area contributed by atoms with Crippen molar-refractivity contribution in [3.63, 3.8) is 0 Å². The third kappa shape index (κ3) is 3.96. The van der Waals surface area contributed by atoms with Crippen LogP contribution < -0.4 is 5.32 Å². The van der Waals surface area contributed by atoms with Crippen LogP contribution in [0.1, 0.15) is 29.0 Å². The second-order valence-electron chi connectivity index (χ2n) is 5.95. The lowest BCUT2D eigenvalue weighted by atomic mass is 10.1. The van der Waals surface area contributed by atoms with E-state index in [0.29, 0.717) is 6.61 Å². The molecule has 2 aromatic rings. The van der Waals surface area contributed by atoms with Gasteiger partial charge < -0.3 is 15.0 Å². The molecular weight excluding hydrogens is 322 g/mol. The number of morpholine rings is 1. The highest BCUT2D eigenvalue weighted by atomic mass is 32.1. The van der Waals surface area contributed by atoms with Crippen LogP contribution in [0.4, 0.5) is 0 Å². The van der Waals surface area contributed by atoms with Crippen LogP contribution in [0.2, 0.25) is 0 Å². The van der Waals surface area contributed by atoms with Gasteiger partial charge in [0.15, 0.2) is 5.96 Å². The van der Waals surface area contributed by atoms with Crippen molar-refractivity contribution in [3.05, 3.63) is 39.8 Å². The number of hydrogen-bond donors (Lipinski definition) is 1. The molecule has 7 heteroatoms. The molecule has 0 bridgehead atoms. The van der Waals surface area contributed by atoms with E-state index in [0.717, 1.165) is 37.7 Å². The molecule has 3 rings (SSSR count). The number of aromatic nitrogens is 2. The summed E-state index contributed by atoms with van der Waals surface area (Å²) in [6.45, 7) is 8.17. The van der Waals surface area contributed by atoms with Crippen LogP contribution in [0.3, 0.4) is 0 Å². The molecule has 1 aliphatic heterocycles. The Kier molecular flexibility index (Phi) is 5.52. The average molecular weight is 347 g/mol. The van der Waals surface area contributed by atoms with Gasteiger partial charge in [-0.3, -0.25) is 4.68 Å². The van der Waals surface area contributed by atoms with Crippen LogP contribution in [0.25, 0.3) is 0 Å². The fourth-order valence-electron chi connectivity index (χ4n) is 2.79. The van der Waals surface area contributed by atoms with Gasteiger partial charge in [-0.15, -0.1) is 11.3 Å². The normalized spacial score (nSPS) is 18.9. The highest BCUT2D eigenvalue weighted by Crippen LogP contribution is 2.22. The molecule has 3 heterocycles. The summed E-state index contributed by atoms with van der Waals surface area (Å²) in [4.78, 5) is 8.45. The van der Waals surface area contributed by atoms with Gasteiger partial charge in [0.2, 0.25) is 0 Å². The lowest BCUT2D eigenvalue weighted by molar-refractivity contribution is -0.00805. The standard InChI is InChI=1S/C17H25N5OS/c1-4-18-17(19-10-16-13(2)5-8-24-16)22-6-7-23-15(12-22)14-9-20-21(3)11-14/h5,8-9,11,15H,4,6-7,10,12H2,1-3H3,(H,18,19). The number of nitrogens with zero attached hydrogens (tertiary/aromatic N) is 4. The van der Waals surface area contributed by atoms with Gasteiger partial charge in [-0.1, -0.05) is 0 Å². The van der Waals surface area contributed by atoms with Gasteiger partial charge in [0.05, 0.1) is 25.9 Å². The van der Waals surface area contributed by atoms with E-state index in [-0.39, 0.29) is 6.10 Å². The van der Waals surface area contributed by atoms with E-state index >= 15 is 0 Å². The fraction of sp³-hybridized carbons (Fsp3) is 0.529. The van der Waals surface area contributed by atoms with Crippen LogP contribution >= 0.6 is 11.3 Å². The fourth-order valence-corrected chi connectivity index (χ4v) is 3.62. The zero-order chi connectivity index (χ0) is 16.9. The number of thiophene rings is 1. The number of rotatable bonds is 4. The molecule has 1 N–H and O–H groups in total. The highest BCUT2D eigenvalue weighted by Gasteiger charge is 2.25. The van der Waals surface area contributed by atoms with E-state index < -0.39 is 0 Å². The number of guanidine groups is 1. The first-order chi connectivity index (χ1) is 11.7. The summed E-state index contributed by atoms with van der Waals surface area (Å²) < 4.78 is 7.75. The van der Waals surface area contributed by atoms with Crippen molar-refractivity contribution in [2.75, 3.05) is 26.2 Å². The number of nitrogens with one attached hydrogen (secondary N) is 1. The van der Waals surface area contributed by atoms with Crippen molar-refractivity contribution in [2.45, 2.75) is 26.5 Å². The quantitative estimate of drug-likeness (QED) is 0.681. The summed E-state index contributed by atoms with van der Waals surface area (Å²) in [5, 5.41) is 9.79. The molecule has 0 radical (unpaired) electrons. The molecule has 1 fully saturated rings. The average Bonchev–Trinajstić information content (AvgIpc) is 3.20. The van der Waals surface area contributed by atoms with Crippen LogP contribution in [0, 0.1) is 6.92 Å². The Morgan fingerprint density at radius 1 is 1.54 bits per heavy atom. The number of aryl methyl sites for hydroxylation is 2. The lowest BCUT2D eigenvalue weighted by Gasteiger charge is -2.34. The Hall–Kier alpha value is -1.86. The first-order valence-electron chi connectivity index (χ1n) is 8.33. The van der Waals surface area contributed by atoms with Crippen LogP contribution in [-0.2, 0) is 18.3 Å². The maximum absolute atomic E-state index is 5.93. The topological polar surface area (TPSA) is 54.7 Å². The lowest BCUT2D eigenvalue weighted by Crippen LogP contribution is -2.48. The van der Waals surface area contributed by atoms with Crippen molar-refractivity contribution in [1.29, 1.82) is 0 Å². The summed E-state index contributed by atoms with van der Waals surface area (Å²) >= 11 is 1.77. The van der Waals surface area contributed by atoms with Gasteiger partial charge in [-0.05, 0) is 30.9 Å². The Morgan fingerprint density at radius 2 is 2.42 bits per heavy atom. The number of hydrogen-bond acceptors (Lipinski definition) is 4. The van der Waals surface area contributed by atoms with Gasteiger partial charge in [-0.25, -0.2) is 4.99 Å². The summed E-state index contributed by atoms with van der Waals surface area (Å²) in [6, 6.07) is 2.15. The summed E-state index contributed by atoms with van der Waals surface area (Å²) in [7, 11) is 1.93. The number of aliphatic imine (C=N–C) groups is 1. The van der Waals surface area contributed by atoms with Gasteiger partial charge in [0, 0.05) is 36.8 Å². The van der Waals surface area contributed by atoms with Gasteiger partial charge in [0.25, 0.3) is 0 Å². The van der Waals surface area contributed by atoms with Crippen molar-refractivity contribution in [2.24, 2.45) is 12.0 Å². The maximum Gasteiger partial charge on any atom is 0.194 e. The minimum Gasteiger partial charge on any atom is -0.370 e. The molecule has 130 valence electrons. The second-order valence-corrected chi connectivity index (χ2v) is 6.95. The Balaban J connectivity index is 1.71. The van der Waals surface area contributed by atoms with Gasteiger partial charge >= 0.3 is 0 Å². The molecule has 1 unspecified atom stereocenters. The molecule has 0 aliphatic carbocycles. The molecule has 0 spiro atoms. The van der Waals surface area contributed by atoms with E-state index in [4.69, 9.17) is 9.73 Å². The predicted octanol–water partition coefficient (Wildman–Crippen LogP) is 2.33. The molecule has 0 aromatic carbocycles.